The van der Waals surface area contributed by atoms with Crippen LogP contribution in [-0.4, -0.2) is 18.5 Å². The van der Waals surface area contributed by atoms with Crippen molar-refractivity contribution in [1.82, 2.24) is 0 Å². The molecule has 0 N–H and O–H groups in total. The molecule has 2 nitrogen and oxygen atoms in total. The summed E-state index contributed by atoms with van der Waals surface area (Å²) in [6, 6.07) is 13.1. The van der Waals surface area contributed by atoms with E-state index in [1.807, 2.05) is 42.5 Å². The molecule has 0 spiro atoms. The van der Waals surface area contributed by atoms with Crippen molar-refractivity contribution >= 4 is 24.1 Å². The van der Waals surface area contributed by atoms with Gasteiger partial charge in [0, 0.05) is 34.2 Å². The molecule has 0 atom stereocenters. The first-order chi connectivity index (χ1) is 8.74. The molecule has 2 aromatic carbocycles. The maximum atomic E-state index is 12.4. The minimum atomic E-state index is 0.0453. The van der Waals surface area contributed by atoms with Gasteiger partial charge in [0.1, 0.15) is 0 Å². The minimum absolute atomic E-state index is 0.0453. The normalized spacial score (nSPS) is 15.4. The standard InChI is InChI=1S/C15H11NOS/c1-16-14-9-5-2-3-6-10(9)15(17)11-7-4-8-12(18)13(11)14/h2-8,18H,1H3/b16-14-. The first-order valence-corrected chi connectivity index (χ1v) is 6.12. The molecule has 0 saturated heterocycles. The lowest BCUT2D eigenvalue weighted by Gasteiger charge is -2.21. The average Bonchev–Trinajstić information content (AvgIpc) is 2.41. The maximum absolute atomic E-state index is 12.4. The van der Waals surface area contributed by atoms with E-state index in [0.717, 1.165) is 21.7 Å². The Morgan fingerprint density at radius 3 is 2.33 bits per heavy atom. The van der Waals surface area contributed by atoms with Crippen LogP contribution in [0.5, 0.6) is 0 Å². The number of benzene rings is 2. The number of fused-ring (bicyclic) bond motifs is 2. The Balaban J connectivity index is 2.41. The molecule has 0 unspecified atom stereocenters. The molecule has 0 fully saturated rings. The molecular weight excluding hydrogens is 242 g/mol. The second-order valence-corrected chi connectivity index (χ2v) is 4.63. The van der Waals surface area contributed by atoms with E-state index in [0.29, 0.717) is 11.1 Å². The third-order valence-corrected chi connectivity index (χ3v) is 3.55. The number of carbonyl (C=O) groups is 1. The molecule has 2 aromatic rings. The quantitative estimate of drug-likeness (QED) is 0.613. The third kappa shape index (κ3) is 1.44. The highest BCUT2D eigenvalue weighted by Gasteiger charge is 2.28. The molecule has 1 aliphatic rings. The van der Waals surface area contributed by atoms with Gasteiger partial charge in [-0.3, -0.25) is 9.79 Å². The lowest BCUT2D eigenvalue weighted by molar-refractivity contribution is 0.103. The van der Waals surface area contributed by atoms with Crippen LogP contribution in [0.4, 0.5) is 0 Å². The molecule has 3 heteroatoms. The summed E-state index contributed by atoms with van der Waals surface area (Å²) < 4.78 is 0. The van der Waals surface area contributed by atoms with Crippen molar-refractivity contribution in [2.75, 3.05) is 7.05 Å². The predicted molar refractivity (Wildman–Crippen MR) is 75.1 cm³/mol. The van der Waals surface area contributed by atoms with Crippen LogP contribution in [0.2, 0.25) is 0 Å². The lowest BCUT2D eigenvalue weighted by Crippen LogP contribution is -2.22. The smallest absolute Gasteiger partial charge is 0.194 e. The van der Waals surface area contributed by atoms with E-state index in [-0.39, 0.29) is 5.78 Å². The highest BCUT2D eigenvalue weighted by molar-refractivity contribution is 7.80. The molecule has 0 aliphatic heterocycles. The fourth-order valence-electron chi connectivity index (χ4n) is 2.38. The van der Waals surface area contributed by atoms with Gasteiger partial charge in [-0.25, -0.2) is 0 Å². The van der Waals surface area contributed by atoms with Crippen molar-refractivity contribution in [2.24, 2.45) is 4.99 Å². The number of thiol groups is 1. The van der Waals surface area contributed by atoms with Crippen molar-refractivity contribution in [3.8, 4) is 0 Å². The van der Waals surface area contributed by atoms with Crippen molar-refractivity contribution in [3.63, 3.8) is 0 Å². The van der Waals surface area contributed by atoms with E-state index in [2.05, 4.69) is 17.6 Å². The largest absolute Gasteiger partial charge is 0.289 e. The Hall–Kier alpha value is -1.87. The summed E-state index contributed by atoms with van der Waals surface area (Å²) in [5.74, 6) is 0.0453. The molecule has 0 radical (unpaired) electrons. The van der Waals surface area contributed by atoms with Crippen LogP contribution in [-0.2, 0) is 0 Å². The van der Waals surface area contributed by atoms with E-state index in [4.69, 9.17) is 0 Å². The Labute approximate surface area is 111 Å². The number of carbonyl (C=O) groups excluding carboxylic acids is 1. The van der Waals surface area contributed by atoms with Crippen LogP contribution in [0.3, 0.4) is 0 Å². The Kier molecular flexibility index (Phi) is 2.56. The minimum Gasteiger partial charge on any atom is -0.289 e. The van der Waals surface area contributed by atoms with Crippen LogP contribution in [0.25, 0.3) is 0 Å². The molecule has 0 aromatic heterocycles. The first-order valence-electron chi connectivity index (χ1n) is 5.67. The lowest BCUT2D eigenvalue weighted by atomic mass is 9.83. The SMILES string of the molecule is C/N=C1/c2ccccc2C(=O)c2cccc(S)c21. The summed E-state index contributed by atoms with van der Waals surface area (Å²) in [5, 5.41) is 0. The van der Waals surface area contributed by atoms with E-state index in [1.165, 1.54) is 0 Å². The third-order valence-electron chi connectivity index (χ3n) is 3.17. The summed E-state index contributed by atoms with van der Waals surface area (Å²) in [4.78, 5) is 17.6. The highest BCUT2D eigenvalue weighted by atomic mass is 32.1. The van der Waals surface area contributed by atoms with Crippen LogP contribution < -0.4 is 0 Å². The van der Waals surface area contributed by atoms with E-state index in [1.54, 1.807) is 7.05 Å². The molecule has 0 heterocycles. The molecule has 0 saturated carbocycles. The van der Waals surface area contributed by atoms with Crippen molar-refractivity contribution < 1.29 is 4.79 Å². The molecule has 0 amide bonds. The topological polar surface area (TPSA) is 29.4 Å². The fraction of sp³-hybridized carbons (Fsp3) is 0.0667. The monoisotopic (exact) mass is 253 g/mol. The van der Waals surface area contributed by atoms with E-state index < -0.39 is 0 Å². The summed E-state index contributed by atoms with van der Waals surface area (Å²) in [7, 11) is 1.74. The zero-order chi connectivity index (χ0) is 12.7. The molecule has 88 valence electrons. The zero-order valence-corrected chi connectivity index (χ0v) is 10.7. The number of nitrogens with zero attached hydrogens (tertiary/aromatic N) is 1. The maximum Gasteiger partial charge on any atom is 0.194 e. The zero-order valence-electron chi connectivity index (χ0n) is 9.84. The summed E-state index contributed by atoms with van der Waals surface area (Å²) in [6.07, 6.45) is 0. The predicted octanol–water partition coefficient (Wildman–Crippen LogP) is 2.99. The first kappa shape index (κ1) is 11.2. The number of ketones is 1. The number of aliphatic imine (C=N–C) groups is 1. The Morgan fingerprint density at radius 1 is 0.944 bits per heavy atom. The van der Waals surface area contributed by atoms with E-state index in [9.17, 15) is 4.79 Å². The van der Waals surface area contributed by atoms with Gasteiger partial charge in [-0.15, -0.1) is 12.6 Å². The molecule has 18 heavy (non-hydrogen) atoms. The Bertz CT molecular complexity index is 689. The molecular formula is C15H11NOS. The number of hydrogen-bond acceptors (Lipinski definition) is 3. The summed E-state index contributed by atoms with van der Waals surface area (Å²) >= 11 is 4.45. The average molecular weight is 253 g/mol. The van der Waals surface area contributed by atoms with Gasteiger partial charge in [-0.2, -0.15) is 0 Å². The van der Waals surface area contributed by atoms with Crippen LogP contribution in [0, 0.1) is 0 Å². The Morgan fingerprint density at radius 2 is 1.61 bits per heavy atom. The highest BCUT2D eigenvalue weighted by Crippen LogP contribution is 2.31. The molecule has 1 aliphatic carbocycles. The van der Waals surface area contributed by atoms with Gasteiger partial charge in [0.2, 0.25) is 0 Å². The number of hydrogen-bond donors (Lipinski definition) is 1. The summed E-state index contributed by atoms with van der Waals surface area (Å²) in [6.45, 7) is 0. The van der Waals surface area contributed by atoms with Gasteiger partial charge in [-0.05, 0) is 6.07 Å². The van der Waals surface area contributed by atoms with Gasteiger partial charge in [0.15, 0.2) is 5.78 Å². The molecule has 0 bridgehead atoms. The molecule has 3 rings (SSSR count). The van der Waals surface area contributed by atoms with E-state index >= 15 is 0 Å². The van der Waals surface area contributed by atoms with Gasteiger partial charge in [0.25, 0.3) is 0 Å². The summed E-state index contributed by atoms with van der Waals surface area (Å²) in [5.41, 5.74) is 3.96. The van der Waals surface area contributed by atoms with Crippen molar-refractivity contribution in [2.45, 2.75) is 4.90 Å². The van der Waals surface area contributed by atoms with Gasteiger partial charge in [0.05, 0.1) is 5.71 Å². The van der Waals surface area contributed by atoms with Crippen LogP contribution >= 0.6 is 12.6 Å². The fourth-order valence-corrected chi connectivity index (χ4v) is 2.69. The van der Waals surface area contributed by atoms with Gasteiger partial charge in [-0.1, -0.05) is 36.4 Å². The van der Waals surface area contributed by atoms with Crippen LogP contribution in [0.15, 0.2) is 52.4 Å². The second-order valence-electron chi connectivity index (χ2n) is 4.15. The van der Waals surface area contributed by atoms with Crippen molar-refractivity contribution in [3.05, 3.63) is 64.7 Å². The second kappa shape index (κ2) is 4.10. The number of rotatable bonds is 0. The van der Waals surface area contributed by atoms with Gasteiger partial charge >= 0.3 is 0 Å². The van der Waals surface area contributed by atoms with Gasteiger partial charge < -0.3 is 0 Å². The van der Waals surface area contributed by atoms with Crippen molar-refractivity contribution in [1.29, 1.82) is 0 Å². The van der Waals surface area contributed by atoms with Crippen LogP contribution in [0.1, 0.15) is 27.0 Å².